The van der Waals surface area contributed by atoms with Gasteiger partial charge in [-0.15, -0.1) is 0 Å². The molecule has 4 heteroatoms. The molecule has 1 unspecified atom stereocenters. The third-order valence-corrected chi connectivity index (χ3v) is 3.35. The van der Waals surface area contributed by atoms with Gasteiger partial charge in [0, 0.05) is 31.0 Å². The number of H-pyrrole nitrogens is 1. The van der Waals surface area contributed by atoms with Crippen molar-refractivity contribution in [1.82, 2.24) is 20.2 Å². The third kappa shape index (κ3) is 3.06. The highest BCUT2D eigenvalue weighted by Crippen LogP contribution is 2.17. The lowest BCUT2D eigenvalue weighted by atomic mass is 10.1. The molecule has 2 heterocycles. The molecule has 1 fully saturated rings. The van der Waals surface area contributed by atoms with E-state index in [4.69, 9.17) is 0 Å². The van der Waals surface area contributed by atoms with Gasteiger partial charge in [0.15, 0.2) is 0 Å². The molecule has 90 valence electrons. The zero-order valence-electron chi connectivity index (χ0n) is 10.2. The van der Waals surface area contributed by atoms with E-state index in [1.54, 1.807) is 6.33 Å². The Morgan fingerprint density at radius 1 is 1.62 bits per heavy atom. The summed E-state index contributed by atoms with van der Waals surface area (Å²) < 4.78 is 0. The quantitative estimate of drug-likeness (QED) is 0.787. The number of nitrogens with one attached hydrogen (secondary N) is 2. The standard InChI is InChI=1S/C12H22N4/c1-10(2)16-4-3-11(8-16)5-13-6-12-7-14-9-15-12/h7,9-11,13H,3-6,8H2,1-2H3,(H,14,15). The molecule has 0 spiro atoms. The molecule has 0 aromatic carbocycles. The Hall–Kier alpha value is -0.870. The van der Waals surface area contributed by atoms with E-state index in [9.17, 15) is 0 Å². The molecule has 1 aliphatic heterocycles. The molecule has 1 aliphatic rings. The predicted octanol–water partition coefficient (Wildman–Crippen LogP) is 1.23. The van der Waals surface area contributed by atoms with Crippen molar-refractivity contribution in [3.8, 4) is 0 Å². The summed E-state index contributed by atoms with van der Waals surface area (Å²) in [4.78, 5) is 9.67. The van der Waals surface area contributed by atoms with Gasteiger partial charge in [-0.2, -0.15) is 0 Å². The smallest absolute Gasteiger partial charge is 0.0922 e. The van der Waals surface area contributed by atoms with Crippen molar-refractivity contribution >= 4 is 0 Å². The normalized spacial score (nSPS) is 22.1. The molecule has 2 rings (SSSR count). The summed E-state index contributed by atoms with van der Waals surface area (Å²) in [5, 5.41) is 3.49. The van der Waals surface area contributed by atoms with Crippen molar-refractivity contribution in [1.29, 1.82) is 0 Å². The molecule has 4 nitrogen and oxygen atoms in total. The summed E-state index contributed by atoms with van der Waals surface area (Å²) in [6.07, 6.45) is 4.93. The lowest BCUT2D eigenvalue weighted by Gasteiger charge is -2.20. The van der Waals surface area contributed by atoms with Crippen LogP contribution in [0.3, 0.4) is 0 Å². The first-order valence-corrected chi connectivity index (χ1v) is 6.17. The van der Waals surface area contributed by atoms with E-state index in [0.29, 0.717) is 6.04 Å². The maximum Gasteiger partial charge on any atom is 0.0922 e. The topological polar surface area (TPSA) is 44.0 Å². The lowest BCUT2D eigenvalue weighted by molar-refractivity contribution is 0.264. The zero-order valence-corrected chi connectivity index (χ0v) is 10.2. The molecular weight excluding hydrogens is 200 g/mol. The minimum absolute atomic E-state index is 0.692. The molecule has 0 aliphatic carbocycles. The van der Waals surface area contributed by atoms with Crippen molar-refractivity contribution in [2.75, 3.05) is 19.6 Å². The largest absolute Gasteiger partial charge is 0.347 e. The molecule has 1 aromatic heterocycles. The van der Waals surface area contributed by atoms with Gasteiger partial charge in [0.2, 0.25) is 0 Å². The SMILES string of the molecule is CC(C)N1CCC(CNCc2cnc[nH]2)C1. The van der Waals surface area contributed by atoms with E-state index in [-0.39, 0.29) is 0 Å². The van der Waals surface area contributed by atoms with Gasteiger partial charge >= 0.3 is 0 Å². The molecular formula is C12H22N4. The predicted molar refractivity (Wildman–Crippen MR) is 65.1 cm³/mol. The van der Waals surface area contributed by atoms with Crippen LogP contribution in [0.15, 0.2) is 12.5 Å². The summed E-state index contributed by atoms with van der Waals surface area (Å²) in [5.74, 6) is 0.810. The van der Waals surface area contributed by atoms with Crippen LogP contribution in [0.5, 0.6) is 0 Å². The lowest BCUT2D eigenvalue weighted by Crippen LogP contribution is -2.30. The van der Waals surface area contributed by atoms with Crippen LogP contribution in [0, 0.1) is 5.92 Å². The molecule has 0 amide bonds. The minimum atomic E-state index is 0.692. The van der Waals surface area contributed by atoms with Crippen LogP contribution in [-0.4, -0.2) is 40.5 Å². The Bertz CT molecular complexity index is 294. The fourth-order valence-corrected chi connectivity index (χ4v) is 2.29. The van der Waals surface area contributed by atoms with Crippen molar-refractivity contribution in [3.63, 3.8) is 0 Å². The molecule has 16 heavy (non-hydrogen) atoms. The number of rotatable bonds is 5. The summed E-state index contributed by atoms with van der Waals surface area (Å²) in [6.45, 7) is 9.07. The van der Waals surface area contributed by atoms with Crippen molar-refractivity contribution < 1.29 is 0 Å². The first kappa shape index (κ1) is 11.6. The average molecular weight is 222 g/mol. The number of nitrogens with zero attached hydrogens (tertiary/aromatic N) is 2. The molecule has 1 aromatic rings. The number of aromatic nitrogens is 2. The molecule has 1 saturated heterocycles. The van der Waals surface area contributed by atoms with Crippen molar-refractivity contribution in [2.45, 2.75) is 32.9 Å². The van der Waals surface area contributed by atoms with E-state index in [0.717, 1.165) is 19.0 Å². The Kier molecular flexibility index (Phi) is 3.96. The monoisotopic (exact) mass is 222 g/mol. The van der Waals surface area contributed by atoms with Gasteiger partial charge < -0.3 is 15.2 Å². The van der Waals surface area contributed by atoms with Gasteiger partial charge in [-0.25, -0.2) is 4.98 Å². The van der Waals surface area contributed by atoms with Crippen LogP contribution >= 0.6 is 0 Å². The van der Waals surface area contributed by atoms with E-state index < -0.39 is 0 Å². The van der Waals surface area contributed by atoms with Gasteiger partial charge in [0.1, 0.15) is 0 Å². The summed E-state index contributed by atoms with van der Waals surface area (Å²) >= 11 is 0. The minimum Gasteiger partial charge on any atom is -0.347 e. The van der Waals surface area contributed by atoms with Gasteiger partial charge in [-0.3, -0.25) is 0 Å². The van der Waals surface area contributed by atoms with Crippen LogP contribution in [-0.2, 0) is 6.54 Å². The summed E-state index contributed by atoms with van der Waals surface area (Å²) in [6, 6.07) is 0.692. The fourth-order valence-electron chi connectivity index (χ4n) is 2.29. The number of likely N-dealkylation sites (tertiary alicyclic amines) is 1. The second-order valence-corrected chi connectivity index (χ2v) is 4.95. The second kappa shape index (κ2) is 5.46. The molecule has 0 bridgehead atoms. The average Bonchev–Trinajstić information content (AvgIpc) is 2.87. The first-order valence-electron chi connectivity index (χ1n) is 6.17. The van der Waals surface area contributed by atoms with Crippen LogP contribution in [0.4, 0.5) is 0 Å². The highest BCUT2D eigenvalue weighted by molar-refractivity contribution is 4.93. The summed E-state index contributed by atoms with van der Waals surface area (Å²) in [5.41, 5.74) is 1.17. The highest BCUT2D eigenvalue weighted by atomic mass is 15.2. The third-order valence-electron chi connectivity index (χ3n) is 3.35. The van der Waals surface area contributed by atoms with Gasteiger partial charge in [0.05, 0.1) is 6.33 Å². The van der Waals surface area contributed by atoms with Crippen LogP contribution in [0.1, 0.15) is 26.0 Å². The van der Waals surface area contributed by atoms with Crippen molar-refractivity contribution in [2.24, 2.45) is 5.92 Å². The van der Waals surface area contributed by atoms with Crippen LogP contribution in [0.2, 0.25) is 0 Å². The van der Waals surface area contributed by atoms with Gasteiger partial charge in [-0.05, 0) is 39.3 Å². The highest BCUT2D eigenvalue weighted by Gasteiger charge is 2.23. The number of hydrogen-bond acceptors (Lipinski definition) is 3. The Balaban J connectivity index is 1.64. The maximum atomic E-state index is 4.00. The molecule has 0 radical (unpaired) electrons. The van der Waals surface area contributed by atoms with Gasteiger partial charge in [-0.1, -0.05) is 0 Å². The fraction of sp³-hybridized carbons (Fsp3) is 0.750. The Morgan fingerprint density at radius 2 is 2.50 bits per heavy atom. The number of hydrogen-bond donors (Lipinski definition) is 2. The first-order chi connectivity index (χ1) is 7.75. The van der Waals surface area contributed by atoms with E-state index in [2.05, 4.69) is 34.0 Å². The molecule has 2 N–H and O–H groups in total. The van der Waals surface area contributed by atoms with Crippen molar-refractivity contribution in [3.05, 3.63) is 18.2 Å². The number of aromatic amines is 1. The molecule has 0 saturated carbocycles. The van der Waals surface area contributed by atoms with E-state index in [1.807, 2.05) is 6.20 Å². The second-order valence-electron chi connectivity index (χ2n) is 4.95. The van der Waals surface area contributed by atoms with Crippen LogP contribution < -0.4 is 5.32 Å². The summed E-state index contributed by atoms with van der Waals surface area (Å²) in [7, 11) is 0. The number of imidazole rings is 1. The van der Waals surface area contributed by atoms with Gasteiger partial charge in [0.25, 0.3) is 0 Å². The maximum absolute atomic E-state index is 4.00. The Morgan fingerprint density at radius 3 is 3.12 bits per heavy atom. The molecule has 1 atom stereocenters. The van der Waals surface area contributed by atoms with E-state index >= 15 is 0 Å². The zero-order chi connectivity index (χ0) is 11.4. The Labute approximate surface area is 97.4 Å². The van der Waals surface area contributed by atoms with E-state index in [1.165, 1.54) is 25.2 Å². The van der Waals surface area contributed by atoms with Crippen LogP contribution in [0.25, 0.3) is 0 Å².